The summed E-state index contributed by atoms with van der Waals surface area (Å²) in [5.74, 6) is 0.786. The van der Waals surface area contributed by atoms with Crippen LogP contribution in [0.4, 0.5) is 10.2 Å². The number of hydrogen-bond donors (Lipinski definition) is 0. The van der Waals surface area contributed by atoms with Gasteiger partial charge in [0.05, 0.1) is 11.7 Å². The molecule has 8 heteroatoms. The third-order valence-electron chi connectivity index (χ3n) is 6.71. The summed E-state index contributed by atoms with van der Waals surface area (Å²) in [5, 5.41) is 5.31. The third kappa shape index (κ3) is 4.55. The zero-order valence-corrected chi connectivity index (χ0v) is 20.0. The van der Waals surface area contributed by atoms with Crippen LogP contribution >= 0.6 is 0 Å². The van der Waals surface area contributed by atoms with Crippen molar-refractivity contribution < 1.29 is 4.39 Å². The Kier molecular flexibility index (Phi) is 5.87. The zero-order chi connectivity index (χ0) is 24.5. The molecule has 1 aliphatic rings. The number of hydrogen-bond acceptors (Lipinski definition) is 6. The molecular formula is C28H26FN7. The van der Waals surface area contributed by atoms with Gasteiger partial charge in [-0.15, -0.1) is 0 Å². The molecule has 3 aromatic heterocycles. The second-order valence-electron chi connectivity index (χ2n) is 9.18. The average molecular weight is 480 g/mol. The van der Waals surface area contributed by atoms with Crippen LogP contribution in [-0.2, 0) is 13.6 Å². The lowest BCUT2D eigenvalue weighted by Gasteiger charge is -2.35. The van der Waals surface area contributed by atoms with E-state index >= 15 is 0 Å². The van der Waals surface area contributed by atoms with Gasteiger partial charge in [-0.3, -0.25) is 9.58 Å². The number of nitrogens with zero attached hydrogens (tertiary/aromatic N) is 7. The maximum atomic E-state index is 13.5. The van der Waals surface area contributed by atoms with Gasteiger partial charge in [0.15, 0.2) is 0 Å². The molecule has 1 saturated heterocycles. The first-order valence-corrected chi connectivity index (χ1v) is 12.0. The Hall–Kier alpha value is -4.17. The highest BCUT2D eigenvalue weighted by molar-refractivity contribution is 5.97. The van der Waals surface area contributed by atoms with E-state index in [4.69, 9.17) is 4.98 Å². The Labute approximate surface area is 208 Å². The number of rotatable bonds is 5. The van der Waals surface area contributed by atoms with E-state index in [1.807, 2.05) is 37.9 Å². The molecule has 0 atom stereocenters. The largest absolute Gasteiger partial charge is 0.354 e. The maximum absolute atomic E-state index is 13.5. The molecule has 1 aliphatic heterocycles. The lowest BCUT2D eigenvalue weighted by molar-refractivity contribution is 0.249. The molecule has 0 saturated carbocycles. The molecule has 6 rings (SSSR count). The maximum Gasteiger partial charge on any atom is 0.128 e. The van der Waals surface area contributed by atoms with Gasteiger partial charge < -0.3 is 4.90 Å². The molecule has 7 nitrogen and oxygen atoms in total. The number of aromatic nitrogens is 5. The van der Waals surface area contributed by atoms with Crippen LogP contribution in [0.3, 0.4) is 0 Å². The van der Waals surface area contributed by atoms with Gasteiger partial charge in [0, 0.05) is 74.9 Å². The van der Waals surface area contributed by atoms with E-state index < -0.39 is 0 Å². The summed E-state index contributed by atoms with van der Waals surface area (Å²) in [6, 6.07) is 15.3. The van der Waals surface area contributed by atoms with Gasteiger partial charge in [0.1, 0.15) is 18.0 Å². The van der Waals surface area contributed by atoms with E-state index in [0.29, 0.717) is 0 Å². The standard InChI is InChI=1S/C28H26FN7/c1-34-18-23(15-33-34)22-12-25(26-16-30-19-32-27(26)13-22)21-5-6-28(31-14-21)36-9-7-35(8-10-36)17-20-3-2-4-24(29)11-20/h2-6,11-16,18-19H,7-10,17H2,1H3. The van der Waals surface area contributed by atoms with E-state index in [1.54, 1.807) is 23.1 Å². The minimum Gasteiger partial charge on any atom is -0.354 e. The minimum absolute atomic E-state index is 0.180. The molecule has 0 radical (unpaired) electrons. The first-order chi connectivity index (χ1) is 17.6. The third-order valence-corrected chi connectivity index (χ3v) is 6.71. The van der Waals surface area contributed by atoms with Crippen molar-refractivity contribution in [2.24, 2.45) is 7.05 Å². The summed E-state index contributed by atoms with van der Waals surface area (Å²) in [5.41, 5.74) is 6.07. The van der Waals surface area contributed by atoms with Crippen molar-refractivity contribution in [2.75, 3.05) is 31.1 Å². The number of halogens is 1. The van der Waals surface area contributed by atoms with Crippen LogP contribution in [0, 0.1) is 5.82 Å². The Morgan fingerprint density at radius 2 is 1.75 bits per heavy atom. The van der Waals surface area contributed by atoms with Crippen molar-refractivity contribution in [3.05, 3.63) is 91.0 Å². The lowest BCUT2D eigenvalue weighted by atomic mass is 9.97. The van der Waals surface area contributed by atoms with Crippen LogP contribution in [0.1, 0.15) is 5.56 Å². The topological polar surface area (TPSA) is 63.0 Å². The summed E-state index contributed by atoms with van der Waals surface area (Å²) >= 11 is 0. The molecule has 0 N–H and O–H groups in total. The number of pyridine rings is 1. The van der Waals surface area contributed by atoms with Crippen LogP contribution in [0.25, 0.3) is 33.2 Å². The number of aryl methyl sites for hydroxylation is 1. The van der Waals surface area contributed by atoms with Gasteiger partial charge in [-0.1, -0.05) is 12.1 Å². The fourth-order valence-electron chi connectivity index (χ4n) is 4.82. The number of piperazine rings is 1. The van der Waals surface area contributed by atoms with Gasteiger partial charge >= 0.3 is 0 Å². The minimum atomic E-state index is -0.180. The van der Waals surface area contributed by atoms with Crippen molar-refractivity contribution in [3.63, 3.8) is 0 Å². The normalized spacial score (nSPS) is 14.4. The summed E-state index contributed by atoms with van der Waals surface area (Å²) < 4.78 is 15.3. The Balaban J connectivity index is 1.21. The first-order valence-electron chi connectivity index (χ1n) is 12.0. The Morgan fingerprint density at radius 1 is 0.861 bits per heavy atom. The number of anilines is 1. The molecule has 1 fully saturated rings. The van der Waals surface area contributed by atoms with Crippen molar-refractivity contribution >= 4 is 16.7 Å². The van der Waals surface area contributed by atoms with E-state index in [2.05, 4.69) is 49.1 Å². The molecule has 5 aromatic rings. The fourth-order valence-corrected chi connectivity index (χ4v) is 4.82. The highest BCUT2D eigenvalue weighted by Crippen LogP contribution is 2.33. The highest BCUT2D eigenvalue weighted by Gasteiger charge is 2.19. The van der Waals surface area contributed by atoms with Crippen LogP contribution in [-0.4, -0.2) is 55.8 Å². The number of benzene rings is 2. The first kappa shape index (κ1) is 22.3. The van der Waals surface area contributed by atoms with Gasteiger partial charge in [-0.25, -0.2) is 19.3 Å². The van der Waals surface area contributed by atoms with E-state index in [-0.39, 0.29) is 5.82 Å². The molecule has 0 unspecified atom stereocenters. The number of fused-ring (bicyclic) bond motifs is 1. The molecule has 0 amide bonds. The molecule has 0 aliphatic carbocycles. The van der Waals surface area contributed by atoms with Gasteiger partial charge in [0.2, 0.25) is 0 Å². The van der Waals surface area contributed by atoms with Crippen LogP contribution in [0.2, 0.25) is 0 Å². The van der Waals surface area contributed by atoms with Gasteiger partial charge in [0.25, 0.3) is 0 Å². The summed E-state index contributed by atoms with van der Waals surface area (Å²) in [7, 11) is 1.91. The van der Waals surface area contributed by atoms with Crippen LogP contribution < -0.4 is 4.90 Å². The predicted molar refractivity (Wildman–Crippen MR) is 139 cm³/mol. The predicted octanol–water partition coefficient (Wildman–Crippen LogP) is 4.55. The van der Waals surface area contributed by atoms with E-state index in [0.717, 1.165) is 77.3 Å². The quantitative estimate of drug-likeness (QED) is 0.369. The fraction of sp³-hybridized carbons (Fsp3) is 0.214. The van der Waals surface area contributed by atoms with Crippen molar-refractivity contribution in [2.45, 2.75) is 6.54 Å². The van der Waals surface area contributed by atoms with Crippen molar-refractivity contribution in [1.29, 1.82) is 0 Å². The second-order valence-corrected chi connectivity index (χ2v) is 9.18. The van der Waals surface area contributed by atoms with E-state index in [9.17, 15) is 4.39 Å². The summed E-state index contributed by atoms with van der Waals surface area (Å²) in [4.78, 5) is 18.2. The van der Waals surface area contributed by atoms with Crippen LogP contribution in [0.5, 0.6) is 0 Å². The summed E-state index contributed by atoms with van der Waals surface area (Å²) in [6.45, 7) is 4.36. The summed E-state index contributed by atoms with van der Waals surface area (Å²) in [6.07, 6.45) is 9.23. The average Bonchev–Trinajstić information content (AvgIpc) is 3.35. The van der Waals surface area contributed by atoms with Crippen molar-refractivity contribution in [1.82, 2.24) is 29.6 Å². The molecule has 0 bridgehead atoms. The Bertz CT molecular complexity index is 1500. The van der Waals surface area contributed by atoms with Crippen molar-refractivity contribution in [3.8, 4) is 22.3 Å². The smallest absolute Gasteiger partial charge is 0.128 e. The molecule has 4 heterocycles. The van der Waals surface area contributed by atoms with E-state index in [1.165, 1.54) is 6.07 Å². The molecular weight excluding hydrogens is 453 g/mol. The van der Waals surface area contributed by atoms with Crippen LogP contribution in [0.15, 0.2) is 79.6 Å². The zero-order valence-electron chi connectivity index (χ0n) is 20.0. The van der Waals surface area contributed by atoms with Gasteiger partial charge in [-0.2, -0.15) is 5.10 Å². The molecule has 180 valence electrons. The SMILES string of the molecule is Cn1cc(-c2cc(-c3ccc(N4CCN(Cc5cccc(F)c5)CC4)nc3)c3cncnc3c2)cn1. The Morgan fingerprint density at radius 3 is 2.50 bits per heavy atom. The van der Waals surface area contributed by atoms with Gasteiger partial charge in [-0.05, 0) is 53.1 Å². The molecule has 36 heavy (non-hydrogen) atoms. The molecule has 0 spiro atoms. The lowest BCUT2D eigenvalue weighted by Crippen LogP contribution is -2.46. The monoisotopic (exact) mass is 479 g/mol. The highest BCUT2D eigenvalue weighted by atomic mass is 19.1. The second kappa shape index (κ2) is 9.47. The molecule has 2 aromatic carbocycles.